The molecule has 2 N–H and O–H groups in total. The average molecular weight is 293 g/mol. The Bertz CT molecular complexity index is 839. The lowest BCUT2D eigenvalue weighted by atomic mass is 10.3. The standard InChI is InChI=1S/C10H11N7O2S/c1-5-13-14-9(17(5)12)20-8-6(4-11)7(18)15(2)10(19)16(8)3/h12H2,1-3H3. The number of nitrogen functional groups attached to an aromatic ring is 1. The Kier molecular flexibility index (Phi) is 3.37. The highest BCUT2D eigenvalue weighted by Crippen LogP contribution is 2.25. The van der Waals surface area contributed by atoms with Crippen LogP contribution in [0.1, 0.15) is 11.4 Å². The number of hydrogen-bond donors (Lipinski definition) is 1. The Hall–Kier alpha value is -2.54. The Labute approximate surface area is 117 Å². The zero-order chi connectivity index (χ0) is 15.0. The van der Waals surface area contributed by atoms with Crippen LogP contribution >= 0.6 is 11.8 Å². The molecule has 0 fully saturated rings. The van der Waals surface area contributed by atoms with Gasteiger partial charge in [-0.05, 0) is 18.7 Å². The van der Waals surface area contributed by atoms with Crippen LogP contribution in [0.4, 0.5) is 0 Å². The number of rotatable bonds is 2. The lowest BCUT2D eigenvalue weighted by molar-refractivity contribution is 0.629. The average Bonchev–Trinajstić information content (AvgIpc) is 2.74. The SMILES string of the molecule is Cc1nnc(Sc2c(C#N)c(=O)n(C)c(=O)n2C)n1N. The van der Waals surface area contributed by atoms with Crippen LogP contribution in [0.2, 0.25) is 0 Å². The summed E-state index contributed by atoms with van der Waals surface area (Å²) in [5, 5.41) is 17.2. The van der Waals surface area contributed by atoms with Crippen LogP contribution in [-0.4, -0.2) is 24.0 Å². The van der Waals surface area contributed by atoms with Gasteiger partial charge in [0, 0.05) is 14.1 Å². The van der Waals surface area contributed by atoms with E-state index in [1.54, 1.807) is 6.92 Å². The molecule has 0 saturated heterocycles. The number of aromatic nitrogens is 5. The fraction of sp³-hybridized carbons (Fsp3) is 0.300. The summed E-state index contributed by atoms with van der Waals surface area (Å²) in [6.07, 6.45) is 0. The molecule has 0 aromatic carbocycles. The molecule has 0 bridgehead atoms. The summed E-state index contributed by atoms with van der Waals surface area (Å²) in [5.41, 5.74) is -1.32. The van der Waals surface area contributed by atoms with Crippen molar-refractivity contribution in [3.8, 4) is 6.07 Å². The third-order valence-electron chi connectivity index (χ3n) is 2.75. The first-order valence-corrected chi connectivity index (χ1v) is 6.25. The largest absolute Gasteiger partial charge is 0.336 e. The van der Waals surface area contributed by atoms with Gasteiger partial charge in [-0.25, -0.2) is 9.47 Å². The van der Waals surface area contributed by atoms with E-state index >= 15 is 0 Å². The molecule has 104 valence electrons. The van der Waals surface area contributed by atoms with Gasteiger partial charge in [0.15, 0.2) is 0 Å². The smallest absolute Gasteiger partial charge is 0.331 e. The van der Waals surface area contributed by atoms with E-state index in [2.05, 4.69) is 10.2 Å². The summed E-state index contributed by atoms with van der Waals surface area (Å²) < 4.78 is 3.30. The molecular weight excluding hydrogens is 282 g/mol. The quantitative estimate of drug-likeness (QED) is 0.540. The highest BCUT2D eigenvalue weighted by molar-refractivity contribution is 7.99. The van der Waals surface area contributed by atoms with Gasteiger partial charge >= 0.3 is 5.69 Å². The molecule has 10 heteroatoms. The van der Waals surface area contributed by atoms with E-state index in [1.165, 1.54) is 23.3 Å². The summed E-state index contributed by atoms with van der Waals surface area (Å²) >= 11 is 0.941. The third-order valence-corrected chi connectivity index (χ3v) is 3.88. The van der Waals surface area contributed by atoms with Crippen molar-refractivity contribution in [2.75, 3.05) is 5.84 Å². The van der Waals surface area contributed by atoms with Crippen molar-refractivity contribution in [2.45, 2.75) is 17.1 Å². The highest BCUT2D eigenvalue weighted by atomic mass is 32.2. The maximum atomic E-state index is 11.9. The Morgan fingerprint density at radius 3 is 2.40 bits per heavy atom. The number of nitrogens with zero attached hydrogens (tertiary/aromatic N) is 6. The molecule has 2 aromatic rings. The molecular formula is C10H11N7O2S. The van der Waals surface area contributed by atoms with Crippen molar-refractivity contribution in [2.24, 2.45) is 14.1 Å². The lowest BCUT2D eigenvalue weighted by Crippen LogP contribution is -2.39. The number of nitriles is 1. The van der Waals surface area contributed by atoms with Crippen LogP contribution < -0.4 is 17.1 Å². The van der Waals surface area contributed by atoms with Crippen LogP contribution in [0.5, 0.6) is 0 Å². The fourth-order valence-corrected chi connectivity index (χ4v) is 2.48. The Morgan fingerprint density at radius 1 is 1.25 bits per heavy atom. The highest BCUT2D eigenvalue weighted by Gasteiger charge is 2.19. The number of nitrogens with two attached hydrogens (primary N) is 1. The van der Waals surface area contributed by atoms with Crippen LogP contribution in [0, 0.1) is 18.3 Å². The van der Waals surface area contributed by atoms with Crippen molar-refractivity contribution >= 4 is 11.8 Å². The van der Waals surface area contributed by atoms with Gasteiger partial charge < -0.3 is 5.84 Å². The van der Waals surface area contributed by atoms with Gasteiger partial charge in [0.05, 0.1) is 0 Å². The van der Waals surface area contributed by atoms with Gasteiger partial charge in [0.2, 0.25) is 5.16 Å². The predicted molar refractivity (Wildman–Crippen MR) is 70.7 cm³/mol. The molecule has 0 unspecified atom stereocenters. The van der Waals surface area contributed by atoms with E-state index in [0.717, 1.165) is 16.3 Å². The van der Waals surface area contributed by atoms with E-state index in [-0.39, 0.29) is 15.7 Å². The molecule has 2 aromatic heterocycles. The lowest BCUT2D eigenvalue weighted by Gasteiger charge is -2.10. The summed E-state index contributed by atoms with van der Waals surface area (Å²) in [6, 6.07) is 1.81. The minimum atomic E-state index is -0.655. The number of hydrogen-bond acceptors (Lipinski definition) is 7. The molecule has 2 heterocycles. The van der Waals surface area contributed by atoms with Crippen molar-refractivity contribution in [1.82, 2.24) is 24.0 Å². The van der Waals surface area contributed by atoms with Gasteiger partial charge in [0.1, 0.15) is 22.5 Å². The summed E-state index contributed by atoms with van der Waals surface area (Å²) in [7, 11) is 2.78. The maximum absolute atomic E-state index is 11.9. The minimum Gasteiger partial charge on any atom is -0.336 e. The first-order chi connectivity index (χ1) is 9.38. The van der Waals surface area contributed by atoms with Crippen LogP contribution in [0.3, 0.4) is 0 Å². The maximum Gasteiger partial charge on any atom is 0.331 e. The van der Waals surface area contributed by atoms with E-state index in [0.29, 0.717) is 5.82 Å². The molecule has 0 aliphatic carbocycles. The molecule has 9 nitrogen and oxygen atoms in total. The van der Waals surface area contributed by atoms with Gasteiger partial charge in [-0.1, -0.05) is 0 Å². The van der Waals surface area contributed by atoms with E-state index < -0.39 is 11.2 Å². The minimum absolute atomic E-state index is 0.139. The molecule has 0 amide bonds. The zero-order valence-corrected chi connectivity index (χ0v) is 11.8. The van der Waals surface area contributed by atoms with Crippen LogP contribution in [0.15, 0.2) is 19.8 Å². The molecule has 20 heavy (non-hydrogen) atoms. The van der Waals surface area contributed by atoms with Crippen molar-refractivity contribution < 1.29 is 0 Å². The molecule has 0 radical (unpaired) electrons. The zero-order valence-electron chi connectivity index (χ0n) is 11.0. The Balaban J connectivity index is 2.70. The van der Waals surface area contributed by atoms with Gasteiger partial charge in [0.25, 0.3) is 5.56 Å². The first kappa shape index (κ1) is 13.9. The second-order valence-corrected chi connectivity index (χ2v) is 4.96. The monoisotopic (exact) mass is 293 g/mol. The van der Waals surface area contributed by atoms with Crippen LogP contribution in [0.25, 0.3) is 0 Å². The van der Waals surface area contributed by atoms with Crippen molar-refractivity contribution in [1.29, 1.82) is 5.26 Å². The molecule has 0 atom stereocenters. The van der Waals surface area contributed by atoms with E-state index in [4.69, 9.17) is 11.1 Å². The molecule has 0 saturated carbocycles. The van der Waals surface area contributed by atoms with Crippen LogP contribution in [-0.2, 0) is 14.1 Å². The molecule has 0 aliphatic heterocycles. The third kappa shape index (κ3) is 1.97. The predicted octanol–water partition coefficient (Wildman–Crippen LogP) is -1.28. The van der Waals surface area contributed by atoms with E-state index in [1.807, 2.05) is 6.07 Å². The normalized spacial score (nSPS) is 10.5. The van der Waals surface area contributed by atoms with E-state index in [9.17, 15) is 9.59 Å². The second kappa shape index (κ2) is 4.86. The van der Waals surface area contributed by atoms with Crippen molar-refractivity contribution in [3.05, 3.63) is 32.2 Å². The van der Waals surface area contributed by atoms with Gasteiger partial charge in [-0.15, -0.1) is 10.2 Å². The van der Waals surface area contributed by atoms with Gasteiger partial charge in [-0.2, -0.15) is 5.26 Å². The molecule has 0 aliphatic rings. The molecule has 0 spiro atoms. The topological polar surface area (TPSA) is 125 Å². The number of aryl methyl sites for hydroxylation is 1. The second-order valence-electron chi connectivity index (χ2n) is 4.00. The van der Waals surface area contributed by atoms with Gasteiger partial charge in [-0.3, -0.25) is 13.9 Å². The summed E-state index contributed by atoms with van der Waals surface area (Å²) in [5.74, 6) is 6.19. The fourth-order valence-electron chi connectivity index (χ4n) is 1.55. The Morgan fingerprint density at radius 2 is 1.90 bits per heavy atom. The molecule has 2 rings (SSSR count). The summed E-state index contributed by atoms with van der Waals surface area (Å²) in [6.45, 7) is 1.66. The first-order valence-electron chi connectivity index (χ1n) is 5.43. The summed E-state index contributed by atoms with van der Waals surface area (Å²) in [4.78, 5) is 23.8. The van der Waals surface area contributed by atoms with Crippen molar-refractivity contribution in [3.63, 3.8) is 0 Å².